The van der Waals surface area contributed by atoms with E-state index in [9.17, 15) is 19.8 Å². The minimum atomic E-state index is -1.66. The number of fused-ring (bicyclic) bond motifs is 2. The number of carboxylic acids is 1. The molecule has 2 unspecified atom stereocenters. The van der Waals surface area contributed by atoms with E-state index in [1.165, 1.54) is 6.07 Å². The van der Waals surface area contributed by atoms with E-state index in [4.69, 9.17) is 14.3 Å². The Hall–Kier alpha value is -1.86. The largest absolute Gasteiger partial charge is 0.489 e. The number of hydrogen-bond acceptors (Lipinski definition) is 6. The van der Waals surface area contributed by atoms with E-state index in [1.54, 1.807) is 0 Å². The maximum atomic E-state index is 12.1. The Labute approximate surface area is 126 Å². The molecule has 0 aromatic carbocycles. The van der Waals surface area contributed by atoms with Crippen LogP contribution >= 0.6 is 0 Å². The zero-order valence-corrected chi connectivity index (χ0v) is 11.9. The molecule has 3 N–H and O–H groups in total. The van der Waals surface area contributed by atoms with Gasteiger partial charge in [-0.25, -0.2) is 9.59 Å². The number of carboxylic acid groups (broad SMARTS) is 1. The Morgan fingerprint density at radius 2 is 2.09 bits per heavy atom. The standard InChI is InChI=1S/C15H18O7/c16-9(14(18)19)5-7-6-11-12(15(20)21-7)13(17)8-3-1-2-4-10(8)22-11/h6,8-10,13,16-17H,1-5H2,(H,18,19)/t8?,9?,10-,13-/m0/s1. The van der Waals surface area contributed by atoms with Crippen LogP contribution in [0.4, 0.5) is 0 Å². The molecule has 2 aliphatic rings. The van der Waals surface area contributed by atoms with Crippen LogP contribution in [0.5, 0.6) is 5.75 Å². The fourth-order valence-corrected chi connectivity index (χ4v) is 3.28. The smallest absolute Gasteiger partial charge is 0.345 e. The maximum absolute atomic E-state index is 12.1. The van der Waals surface area contributed by atoms with E-state index in [0.717, 1.165) is 25.7 Å². The molecule has 2 heterocycles. The summed E-state index contributed by atoms with van der Waals surface area (Å²) in [5, 5.41) is 28.5. The lowest BCUT2D eigenvalue weighted by Gasteiger charge is -2.39. The second kappa shape index (κ2) is 5.73. The molecule has 0 radical (unpaired) electrons. The summed E-state index contributed by atoms with van der Waals surface area (Å²) in [6.07, 6.45) is 0.556. The van der Waals surface area contributed by atoms with Crippen LogP contribution in [0.1, 0.15) is 43.1 Å². The lowest BCUT2D eigenvalue weighted by Crippen LogP contribution is -2.40. The molecule has 4 atom stereocenters. The highest BCUT2D eigenvalue weighted by molar-refractivity contribution is 5.72. The molecular weight excluding hydrogens is 292 g/mol. The number of carbonyl (C=O) groups is 1. The second-order valence-electron chi connectivity index (χ2n) is 5.89. The predicted octanol–water partition coefficient (Wildman–Crippen LogP) is 0.612. The fraction of sp³-hybridized carbons (Fsp3) is 0.600. The first-order valence-corrected chi connectivity index (χ1v) is 7.40. The van der Waals surface area contributed by atoms with Gasteiger partial charge in [0.25, 0.3) is 0 Å². The molecule has 0 bridgehead atoms. The van der Waals surface area contributed by atoms with E-state index >= 15 is 0 Å². The molecule has 0 saturated heterocycles. The highest BCUT2D eigenvalue weighted by Crippen LogP contribution is 2.43. The molecular formula is C15H18O7. The van der Waals surface area contributed by atoms with Crippen LogP contribution in [0.3, 0.4) is 0 Å². The minimum absolute atomic E-state index is 0.0279. The van der Waals surface area contributed by atoms with Gasteiger partial charge in [-0.2, -0.15) is 0 Å². The predicted molar refractivity (Wildman–Crippen MR) is 73.7 cm³/mol. The molecule has 7 nitrogen and oxygen atoms in total. The number of hydrogen-bond donors (Lipinski definition) is 3. The summed E-state index contributed by atoms with van der Waals surface area (Å²) in [5.74, 6) is -1.24. The summed E-state index contributed by atoms with van der Waals surface area (Å²) >= 11 is 0. The van der Waals surface area contributed by atoms with Crippen LogP contribution < -0.4 is 10.4 Å². The molecule has 1 aromatic rings. The summed E-state index contributed by atoms with van der Waals surface area (Å²) < 4.78 is 10.8. The average Bonchev–Trinajstić information content (AvgIpc) is 2.46. The van der Waals surface area contributed by atoms with Gasteiger partial charge in [-0.15, -0.1) is 0 Å². The molecule has 22 heavy (non-hydrogen) atoms. The molecule has 1 aliphatic carbocycles. The minimum Gasteiger partial charge on any atom is -0.489 e. The van der Waals surface area contributed by atoms with Crippen LogP contribution in [0.2, 0.25) is 0 Å². The van der Waals surface area contributed by atoms with Crippen molar-refractivity contribution in [2.45, 2.75) is 50.4 Å². The van der Waals surface area contributed by atoms with Crippen LogP contribution in [-0.4, -0.2) is 33.5 Å². The van der Waals surface area contributed by atoms with Gasteiger partial charge in [0.1, 0.15) is 23.2 Å². The van der Waals surface area contributed by atoms with Gasteiger partial charge in [0.15, 0.2) is 6.10 Å². The maximum Gasteiger partial charge on any atom is 0.345 e. The molecule has 3 rings (SSSR count). The Morgan fingerprint density at radius 3 is 2.82 bits per heavy atom. The Balaban J connectivity index is 1.94. The van der Waals surface area contributed by atoms with Crippen molar-refractivity contribution in [3.8, 4) is 5.75 Å². The number of aliphatic carboxylic acids is 1. The normalized spacial score (nSPS) is 28.2. The molecule has 1 saturated carbocycles. The number of aliphatic hydroxyl groups excluding tert-OH is 2. The molecule has 1 aromatic heterocycles. The van der Waals surface area contributed by atoms with Gasteiger partial charge >= 0.3 is 11.6 Å². The summed E-state index contributed by atoms with van der Waals surface area (Å²) in [6, 6.07) is 1.40. The Morgan fingerprint density at radius 1 is 1.36 bits per heavy atom. The quantitative estimate of drug-likeness (QED) is 0.748. The van der Waals surface area contributed by atoms with Gasteiger partial charge in [0, 0.05) is 18.4 Å². The third-order valence-electron chi connectivity index (χ3n) is 4.41. The van der Waals surface area contributed by atoms with Gasteiger partial charge < -0.3 is 24.5 Å². The average molecular weight is 310 g/mol. The first-order chi connectivity index (χ1) is 10.5. The van der Waals surface area contributed by atoms with Crippen LogP contribution in [0, 0.1) is 5.92 Å². The van der Waals surface area contributed by atoms with Gasteiger partial charge in [0.05, 0.1) is 6.10 Å². The highest BCUT2D eigenvalue weighted by atomic mass is 16.5. The molecule has 1 aliphatic heterocycles. The number of ether oxygens (including phenoxy) is 1. The van der Waals surface area contributed by atoms with E-state index in [1.807, 2.05) is 0 Å². The van der Waals surface area contributed by atoms with Crippen molar-refractivity contribution in [2.24, 2.45) is 5.92 Å². The first-order valence-electron chi connectivity index (χ1n) is 7.40. The number of rotatable bonds is 3. The third-order valence-corrected chi connectivity index (χ3v) is 4.41. The van der Waals surface area contributed by atoms with Gasteiger partial charge in [0.2, 0.25) is 0 Å². The topological polar surface area (TPSA) is 117 Å². The zero-order chi connectivity index (χ0) is 15.9. The second-order valence-corrected chi connectivity index (χ2v) is 5.89. The van der Waals surface area contributed by atoms with Gasteiger partial charge in [-0.1, -0.05) is 6.42 Å². The van der Waals surface area contributed by atoms with Crippen molar-refractivity contribution < 1.29 is 29.3 Å². The van der Waals surface area contributed by atoms with Crippen molar-refractivity contribution in [3.05, 3.63) is 27.8 Å². The summed E-state index contributed by atoms with van der Waals surface area (Å²) in [4.78, 5) is 22.8. The van der Waals surface area contributed by atoms with Crippen molar-refractivity contribution in [2.75, 3.05) is 0 Å². The van der Waals surface area contributed by atoms with Gasteiger partial charge in [-0.05, 0) is 19.3 Å². The lowest BCUT2D eigenvalue weighted by atomic mass is 9.79. The summed E-state index contributed by atoms with van der Waals surface area (Å²) in [7, 11) is 0. The van der Waals surface area contributed by atoms with Crippen molar-refractivity contribution >= 4 is 5.97 Å². The van der Waals surface area contributed by atoms with Crippen molar-refractivity contribution in [3.63, 3.8) is 0 Å². The van der Waals surface area contributed by atoms with E-state index in [-0.39, 0.29) is 35.5 Å². The van der Waals surface area contributed by atoms with Crippen LogP contribution in [0.25, 0.3) is 0 Å². The number of aliphatic hydroxyl groups is 2. The molecule has 120 valence electrons. The van der Waals surface area contributed by atoms with Crippen LogP contribution in [-0.2, 0) is 11.2 Å². The van der Waals surface area contributed by atoms with Crippen LogP contribution in [0.15, 0.2) is 15.3 Å². The Bertz CT molecular complexity index is 635. The molecule has 1 fully saturated rings. The molecule has 7 heteroatoms. The zero-order valence-electron chi connectivity index (χ0n) is 11.9. The first kappa shape index (κ1) is 15.1. The summed E-state index contributed by atoms with van der Waals surface area (Å²) in [5.41, 5.74) is -0.640. The van der Waals surface area contributed by atoms with Crippen molar-refractivity contribution in [1.82, 2.24) is 0 Å². The highest BCUT2D eigenvalue weighted by Gasteiger charge is 2.41. The van der Waals surface area contributed by atoms with E-state index in [2.05, 4.69) is 0 Å². The fourth-order valence-electron chi connectivity index (χ4n) is 3.28. The van der Waals surface area contributed by atoms with E-state index < -0.39 is 23.8 Å². The van der Waals surface area contributed by atoms with Crippen molar-refractivity contribution in [1.29, 1.82) is 0 Å². The SMILES string of the molecule is O=C(O)C(O)Cc1cc2c(c(=O)o1)[C@@H](O)C1CCCC[C@@H]1O2. The monoisotopic (exact) mass is 310 g/mol. The molecule has 0 spiro atoms. The Kier molecular flexibility index (Phi) is 3.92. The molecule has 0 amide bonds. The van der Waals surface area contributed by atoms with Gasteiger partial charge in [-0.3, -0.25) is 0 Å². The third kappa shape index (κ3) is 2.62. The summed E-state index contributed by atoms with van der Waals surface area (Å²) in [6.45, 7) is 0. The van der Waals surface area contributed by atoms with E-state index in [0.29, 0.717) is 0 Å². The lowest BCUT2D eigenvalue weighted by molar-refractivity contribution is -0.146.